The fourth-order valence-corrected chi connectivity index (χ4v) is 6.09. The van der Waals surface area contributed by atoms with E-state index in [2.05, 4.69) is 32.8 Å². The maximum Gasteiger partial charge on any atom is 0.306 e. The molecule has 4 heterocycles. The predicted molar refractivity (Wildman–Crippen MR) is 163 cm³/mol. The average molecular weight is 599 g/mol. The third-order valence-electron chi connectivity index (χ3n) is 8.01. The Morgan fingerprint density at radius 1 is 1.02 bits per heavy atom. The number of carboxylic acids is 1. The van der Waals surface area contributed by atoms with Crippen LogP contribution in [0.2, 0.25) is 10.0 Å². The van der Waals surface area contributed by atoms with Gasteiger partial charge in [-0.25, -0.2) is 9.97 Å². The summed E-state index contributed by atoms with van der Waals surface area (Å²) in [7, 11) is 2.14. The Labute approximate surface area is 251 Å². The number of carboxylic acid groups (broad SMARTS) is 1. The summed E-state index contributed by atoms with van der Waals surface area (Å²) >= 11 is 12.6. The van der Waals surface area contributed by atoms with Crippen LogP contribution in [-0.4, -0.2) is 77.2 Å². The zero-order chi connectivity index (χ0) is 28.9. The molecule has 0 bridgehead atoms. The third-order valence-corrected chi connectivity index (χ3v) is 8.45. The largest absolute Gasteiger partial charge is 0.481 e. The number of likely N-dealkylation sites (tertiary alicyclic amines) is 1. The number of aliphatic carboxylic acids is 1. The van der Waals surface area contributed by atoms with Gasteiger partial charge in [-0.15, -0.1) is 0 Å². The Bertz CT molecular complexity index is 1320. The van der Waals surface area contributed by atoms with Gasteiger partial charge in [0, 0.05) is 54.4 Å². The van der Waals surface area contributed by atoms with Crippen molar-refractivity contribution in [3.8, 4) is 22.9 Å². The van der Waals surface area contributed by atoms with Crippen LogP contribution < -0.4 is 9.64 Å². The number of aromatic nitrogens is 2. The molecule has 10 heteroatoms. The van der Waals surface area contributed by atoms with Crippen molar-refractivity contribution >= 4 is 35.0 Å². The smallest absolute Gasteiger partial charge is 0.306 e. The van der Waals surface area contributed by atoms with Gasteiger partial charge in [0.05, 0.1) is 17.8 Å². The number of piperazine rings is 1. The summed E-state index contributed by atoms with van der Waals surface area (Å²) in [6.45, 7) is 8.33. The van der Waals surface area contributed by atoms with Gasteiger partial charge in [0.2, 0.25) is 5.88 Å². The minimum atomic E-state index is -0.713. The summed E-state index contributed by atoms with van der Waals surface area (Å²) in [4.78, 5) is 27.7. The lowest BCUT2D eigenvalue weighted by Crippen LogP contribution is -2.44. The first-order chi connectivity index (χ1) is 19.7. The van der Waals surface area contributed by atoms with Crippen LogP contribution in [0.25, 0.3) is 11.3 Å². The van der Waals surface area contributed by atoms with E-state index in [1.54, 1.807) is 19.2 Å². The van der Waals surface area contributed by atoms with Crippen LogP contribution >= 0.6 is 23.2 Å². The van der Waals surface area contributed by atoms with Crippen LogP contribution in [0.3, 0.4) is 0 Å². The number of halogens is 2. The quantitative estimate of drug-likeness (QED) is 0.307. The van der Waals surface area contributed by atoms with Gasteiger partial charge in [0.25, 0.3) is 0 Å². The highest BCUT2D eigenvalue weighted by Crippen LogP contribution is 2.32. The van der Waals surface area contributed by atoms with Gasteiger partial charge in [-0.1, -0.05) is 30.1 Å². The molecule has 2 aromatic heterocycles. The molecule has 3 aromatic rings. The summed E-state index contributed by atoms with van der Waals surface area (Å²) in [6.07, 6.45) is 4.47. The Hall–Kier alpha value is -2.91. The first-order valence-corrected chi connectivity index (χ1v) is 15.0. The van der Waals surface area contributed by atoms with Gasteiger partial charge in [0.15, 0.2) is 0 Å². The number of benzene rings is 1. The number of hydrogen-bond acceptors (Lipinski definition) is 7. The minimum absolute atomic E-state index is 0.302. The number of pyridine rings is 2. The number of hydrogen-bond donors (Lipinski definition) is 1. The second-order valence-corrected chi connectivity index (χ2v) is 12.2. The van der Waals surface area contributed by atoms with E-state index in [9.17, 15) is 9.90 Å². The van der Waals surface area contributed by atoms with Crippen molar-refractivity contribution in [1.29, 1.82) is 0 Å². The molecule has 2 fully saturated rings. The molecule has 1 unspecified atom stereocenters. The zero-order valence-electron chi connectivity index (χ0n) is 23.6. The Morgan fingerprint density at radius 3 is 2.37 bits per heavy atom. The summed E-state index contributed by atoms with van der Waals surface area (Å²) in [5.41, 5.74) is 2.62. The summed E-state index contributed by atoms with van der Waals surface area (Å²) in [6, 6.07) is 13.4. The van der Waals surface area contributed by atoms with Gasteiger partial charge in [-0.05, 0) is 87.3 Å². The van der Waals surface area contributed by atoms with E-state index in [1.807, 2.05) is 30.3 Å². The average Bonchev–Trinajstić information content (AvgIpc) is 2.94. The molecule has 41 heavy (non-hydrogen) atoms. The molecule has 0 amide bonds. The van der Waals surface area contributed by atoms with Crippen LogP contribution in [-0.2, 0) is 11.3 Å². The van der Waals surface area contributed by atoms with Crippen molar-refractivity contribution in [2.75, 3.05) is 51.2 Å². The molecule has 1 atom stereocenters. The van der Waals surface area contributed by atoms with Crippen LogP contribution in [0.1, 0.15) is 31.7 Å². The predicted octanol–water partition coefficient (Wildman–Crippen LogP) is 6.32. The van der Waals surface area contributed by atoms with E-state index in [0.717, 1.165) is 87.7 Å². The van der Waals surface area contributed by atoms with Crippen molar-refractivity contribution < 1.29 is 14.6 Å². The standard InChI is InChI=1S/C31H37Cl2N5O3/c1-21(31(39)40)13-22-5-7-37(8-6-22)20-23-14-28(24-16-25(32)18-26(33)17-24)35-30(15-23)41-27-3-4-29(34-19-27)38-11-9-36(2)10-12-38/h3-4,14-19,21-22H,5-13,20H2,1-2H3,(H,39,40). The molecular weight excluding hydrogens is 561 g/mol. The van der Waals surface area contributed by atoms with E-state index < -0.39 is 5.97 Å². The first kappa shape index (κ1) is 29.6. The van der Waals surface area contributed by atoms with E-state index in [4.69, 9.17) is 32.9 Å². The maximum absolute atomic E-state index is 11.3. The van der Waals surface area contributed by atoms with Crippen LogP contribution in [0.4, 0.5) is 5.82 Å². The number of likely N-dealkylation sites (N-methyl/N-ethyl adjacent to an activating group) is 1. The fraction of sp³-hybridized carbons (Fsp3) is 0.452. The molecule has 218 valence electrons. The van der Waals surface area contributed by atoms with E-state index >= 15 is 0 Å². The van der Waals surface area contributed by atoms with Crippen molar-refractivity contribution in [1.82, 2.24) is 19.8 Å². The monoisotopic (exact) mass is 597 g/mol. The number of rotatable bonds is 9. The highest BCUT2D eigenvalue weighted by atomic mass is 35.5. The maximum atomic E-state index is 11.3. The van der Waals surface area contributed by atoms with Crippen molar-refractivity contribution in [2.24, 2.45) is 11.8 Å². The molecule has 0 spiro atoms. The molecule has 0 aliphatic carbocycles. The highest BCUT2D eigenvalue weighted by Gasteiger charge is 2.24. The second-order valence-electron chi connectivity index (χ2n) is 11.3. The Balaban J connectivity index is 1.32. The summed E-state index contributed by atoms with van der Waals surface area (Å²) in [5.74, 6) is 1.48. The molecule has 0 saturated carbocycles. The highest BCUT2D eigenvalue weighted by molar-refractivity contribution is 6.35. The number of nitrogens with zero attached hydrogens (tertiary/aromatic N) is 5. The van der Waals surface area contributed by atoms with Crippen molar-refractivity contribution in [3.63, 3.8) is 0 Å². The van der Waals surface area contributed by atoms with E-state index in [1.165, 1.54) is 0 Å². The van der Waals surface area contributed by atoms with E-state index in [0.29, 0.717) is 27.6 Å². The number of piperidine rings is 1. The lowest BCUT2D eigenvalue weighted by atomic mass is 9.88. The molecule has 5 rings (SSSR count). The SMILES string of the molecule is CC(CC1CCN(Cc2cc(Oc3ccc(N4CCN(C)CC4)nc3)nc(-c3cc(Cl)cc(Cl)c3)c2)CC1)C(=O)O. The Kier molecular flexibility index (Phi) is 9.65. The van der Waals surface area contributed by atoms with Crippen molar-refractivity contribution in [2.45, 2.75) is 32.7 Å². The van der Waals surface area contributed by atoms with Crippen LogP contribution in [0.15, 0.2) is 48.7 Å². The van der Waals surface area contributed by atoms with Gasteiger partial charge < -0.3 is 19.6 Å². The summed E-state index contributed by atoms with van der Waals surface area (Å²) < 4.78 is 6.23. The summed E-state index contributed by atoms with van der Waals surface area (Å²) in [5, 5.41) is 10.4. The van der Waals surface area contributed by atoms with Gasteiger partial charge in [0.1, 0.15) is 11.6 Å². The fourth-order valence-electron chi connectivity index (χ4n) is 5.57. The van der Waals surface area contributed by atoms with Crippen LogP contribution in [0.5, 0.6) is 11.6 Å². The molecule has 1 aromatic carbocycles. The molecule has 1 N–H and O–H groups in total. The minimum Gasteiger partial charge on any atom is -0.481 e. The van der Waals surface area contributed by atoms with Gasteiger partial charge in [-0.2, -0.15) is 0 Å². The lowest BCUT2D eigenvalue weighted by Gasteiger charge is -2.33. The third kappa shape index (κ3) is 8.10. The first-order valence-electron chi connectivity index (χ1n) is 14.2. The number of ether oxygens (including phenoxy) is 1. The molecular formula is C31H37Cl2N5O3. The molecule has 2 aliphatic heterocycles. The van der Waals surface area contributed by atoms with Gasteiger partial charge in [-0.3, -0.25) is 9.69 Å². The molecule has 0 radical (unpaired) electrons. The normalized spacial score (nSPS) is 17.9. The van der Waals surface area contributed by atoms with E-state index in [-0.39, 0.29) is 5.92 Å². The van der Waals surface area contributed by atoms with Crippen molar-refractivity contribution in [3.05, 3.63) is 64.3 Å². The van der Waals surface area contributed by atoms with Gasteiger partial charge >= 0.3 is 5.97 Å². The topological polar surface area (TPSA) is 82.0 Å². The molecule has 8 nitrogen and oxygen atoms in total. The number of anilines is 1. The molecule has 2 saturated heterocycles. The lowest BCUT2D eigenvalue weighted by molar-refractivity contribution is -0.141. The molecule has 2 aliphatic rings. The second kappa shape index (κ2) is 13.4. The van der Waals surface area contributed by atoms with Crippen LogP contribution in [0, 0.1) is 11.8 Å². The number of carbonyl (C=O) groups is 1. The Morgan fingerprint density at radius 2 is 1.73 bits per heavy atom. The zero-order valence-corrected chi connectivity index (χ0v) is 25.1.